The second-order valence-electron chi connectivity index (χ2n) is 7.89. The van der Waals surface area contributed by atoms with Crippen LogP contribution in [0, 0.1) is 6.92 Å². The van der Waals surface area contributed by atoms with Crippen LogP contribution in [0.3, 0.4) is 0 Å². The molecule has 0 bridgehead atoms. The van der Waals surface area contributed by atoms with Crippen LogP contribution < -0.4 is 4.74 Å². The molecule has 1 unspecified atom stereocenters. The highest BCUT2D eigenvalue weighted by atomic mass is 32.2. The van der Waals surface area contributed by atoms with Crippen molar-refractivity contribution >= 4 is 17.7 Å². The first-order chi connectivity index (χ1) is 16.1. The maximum atomic E-state index is 10.8. The van der Waals surface area contributed by atoms with Crippen LogP contribution in [0.15, 0.2) is 108 Å². The number of hydrogen-bond acceptors (Lipinski definition) is 3. The van der Waals surface area contributed by atoms with Crippen LogP contribution >= 0.6 is 11.8 Å². The average molecular weight is 455 g/mol. The van der Waals surface area contributed by atoms with E-state index in [9.17, 15) is 4.79 Å². The fraction of sp³-hybridized carbons (Fsp3) is 0.138. The summed E-state index contributed by atoms with van der Waals surface area (Å²) in [6.07, 6.45) is 0.909. The van der Waals surface area contributed by atoms with Crippen LogP contribution in [0.1, 0.15) is 21.9 Å². The number of carbonyl (C=O) groups is 1. The molecule has 0 aliphatic heterocycles. The lowest BCUT2D eigenvalue weighted by atomic mass is 10.00. The number of rotatable bonds is 9. The van der Waals surface area contributed by atoms with E-state index in [0.29, 0.717) is 5.75 Å². The van der Waals surface area contributed by atoms with Crippen molar-refractivity contribution in [2.24, 2.45) is 0 Å². The maximum Gasteiger partial charge on any atom is 0.341 e. The molecular weight excluding hydrogens is 428 g/mol. The average Bonchev–Trinajstić information content (AvgIpc) is 2.84. The van der Waals surface area contributed by atoms with Gasteiger partial charge >= 0.3 is 5.97 Å². The highest BCUT2D eigenvalue weighted by Gasteiger charge is 2.16. The molecule has 4 aromatic carbocycles. The highest BCUT2D eigenvalue weighted by molar-refractivity contribution is 7.99. The molecule has 33 heavy (non-hydrogen) atoms. The van der Waals surface area contributed by atoms with Crippen molar-refractivity contribution in [2.45, 2.75) is 23.5 Å². The van der Waals surface area contributed by atoms with Gasteiger partial charge in [-0.1, -0.05) is 84.9 Å². The molecule has 0 fully saturated rings. The minimum Gasteiger partial charge on any atom is -0.482 e. The topological polar surface area (TPSA) is 46.5 Å². The second-order valence-corrected chi connectivity index (χ2v) is 9.17. The van der Waals surface area contributed by atoms with Crippen molar-refractivity contribution < 1.29 is 14.6 Å². The van der Waals surface area contributed by atoms with Crippen molar-refractivity contribution in [1.82, 2.24) is 0 Å². The van der Waals surface area contributed by atoms with E-state index in [4.69, 9.17) is 9.84 Å². The Morgan fingerprint density at radius 1 is 0.848 bits per heavy atom. The zero-order valence-electron chi connectivity index (χ0n) is 18.5. The Labute approximate surface area is 199 Å². The van der Waals surface area contributed by atoms with Gasteiger partial charge in [-0.2, -0.15) is 0 Å². The van der Waals surface area contributed by atoms with E-state index in [0.717, 1.165) is 16.9 Å². The fourth-order valence-electron chi connectivity index (χ4n) is 3.74. The molecular formula is C29H26O3S. The van der Waals surface area contributed by atoms with Crippen molar-refractivity contribution in [1.29, 1.82) is 0 Å². The van der Waals surface area contributed by atoms with Crippen molar-refractivity contribution in [2.75, 3.05) is 6.61 Å². The minimum atomic E-state index is -0.977. The molecule has 0 aliphatic carbocycles. The van der Waals surface area contributed by atoms with Gasteiger partial charge in [0.25, 0.3) is 0 Å². The summed E-state index contributed by atoms with van der Waals surface area (Å²) in [5, 5.41) is 9.11. The van der Waals surface area contributed by atoms with Crippen molar-refractivity contribution in [3.05, 3.63) is 120 Å². The van der Waals surface area contributed by atoms with Crippen LogP contribution in [0.5, 0.6) is 5.75 Å². The van der Waals surface area contributed by atoms with Gasteiger partial charge in [-0.15, -0.1) is 11.8 Å². The quantitative estimate of drug-likeness (QED) is 0.272. The molecule has 1 N–H and O–H groups in total. The predicted octanol–water partition coefficient (Wildman–Crippen LogP) is 7.20. The molecule has 0 spiro atoms. The smallest absolute Gasteiger partial charge is 0.341 e. The Bertz CT molecular complexity index is 1190. The van der Waals surface area contributed by atoms with E-state index in [-0.39, 0.29) is 11.9 Å². The Kier molecular flexibility index (Phi) is 7.48. The van der Waals surface area contributed by atoms with E-state index in [1.54, 1.807) is 0 Å². The highest BCUT2D eigenvalue weighted by Crippen LogP contribution is 2.39. The van der Waals surface area contributed by atoms with Crippen LogP contribution in [-0.2, 0) is 11.2 Å². The normalized spacial score (nSPS) is 11.7. The van der Waals surface area contributed by atoms with Crippen LogP contribution in [0.4, 0.5) is 0 Å². The second kappa shape index (κ2) is 10.9. The summed E-state index contributed by atoms with van der Waals surface area (Å²) >= 11 is 1.81. The van der Waals surface area contributed by atoms with Crippen molar-refractivity contribution in [3.63, 3.8) is 0 Å². The van der Waals surface area contributed by atoms with E-state index < -0.39 is 5.97 Å². The molecule has 4 aromatic rings. The third-order valence-corrected chi connectivity index (χ3v) is 6.68. The Morgan fingerprint density at radius 3 is 2.12 bits per heavy atom. The number of carboxylic acid groups (broad SMARTS) is 1. The summed E-state index contributed by atoms with van der Waals surface area (Å²) in [7, 11) is 0. The number of aryl methyl sites for hydroxylation is 1. The lowest BCUT2D eigenvalue weighted by molar-refractivity contribution is -0.139. The molecule has 0 saturated heterocycles. The monoisotopic (exact) mass is 454 g/mol. The van der Waals surface area contributed by atoms with Gasteiger partial charge in [0.15, 0.2) is 6.61 Å². The van der Waals surface area contributed by atoms with Crippen LogP contribution in [0.25, 0.3) is 11.1 Å². The number of hydrogen-bond donors (Lipinski definition) is 1. The molecule has 166 valence electrons. The fourth-order valence-corrected chi connectivity index (χ4v) is 5.03. The first kappa shape index (κ1) is 22.7. The number of benzene rings is 4. The van der Waals surface area contributed by atoms with E-state index in [2.05, 4.69) is 78.9 Å². The lowest BCUT2D eigenvalue weighted by Gasteiger charge is -2.19. The summed E-state index contributed by atoms with van der Waals surface area (Å²) in [6, 6.07) is 35.7. The first-order valence-electron chi connectivity index (χ1n) is 10.9. The summed E-state index contributed by atoms with van der Waals surface area (Å²) in [6.45, 7) is 1.61. The van der Waals surface area contributed by atoms with E-state index in [1.807, 2.05) is 43.0 Å². The molecule has 0 amide bonds. The van der Waals surface area contributed by atoms with Gasteiger partial charge in [-0.25, -0.2) is 4.79 Å². The zero-order chi connectivity index (χ0) is 23.0. The molecule has 4 heteroatoms. The van der Waals surface area contributed by atoms with Gasteiger partial charge in [-0.3, -0.25) is 0 Å². The van der Waals surface area contributed by atoms with Crippen LogP contribution in [-0.4, -0.2) is 17.7 Å². The molecule has 0 aliphatic rings. The Morgan fingerprint density at radius 2 is 1.48 bits per heavy atom. The SMILES string of the molecule is Cc1cc(SC(Cc2ccccc2)c2ccc(-c3ccccc3)cc2)ccc1OCC(=O)O. The number of aliphatic carboxylic acids is 1. The number of carboxylic acids is 1. The predicted molar refractivity (Wildman–Crippen MR) is 135 cm³/mol. The molecule has 0 saturated carbocycles. The first-order valence-corrected chi connectivity index (χ1v) is 11.8. The lowest BCUT2D eigenvalue weighted by Crippen LogP contribution is -2.10. The molecule has 0 heterocycles. The molecule has 1 atom stereocenters. The van der Waals surface area contributed by atoms with Gasteiger partial charge < -0.3 is 9.84 Å². The van der Waals surface area contributed by atoms with Gasteiger partial charge in [0, 0.05) is 10.1 Å². The largest absolute Gasteiger partial charge is 0.482 e. The molecule has 0 aromatic heterocycles. The number of ether oxygens (including phenoxy) is 1. The summed E-state index contributed by atoms with van der Waals surface area (Å²) < 4.78 is 5.38. The standard InChI is InChI=1S/C29H26O3S/c1-21-18-26(16-17-27(21)32-20-29(30)31)33-28(19-22-8-4-2-5-9-22)25-14-12-24(13-15-25)23-10-6-3-7-11-23/h2-18,28H,19-20H2,1H3,(H,30,31). The van der Waals surface area contributed by atoms with Gasteiger partial charge in [0.2, 0.25) is 0 Å². The Hall–Kier alpha value is -3.50. The Balaban J connectivity index is 1.57. The summed E-state index contributed by atoms with van der Waals surface area (Å²) in [4.78, 5) is 11.9. The van der Waals surface area contributed by atoms with E-state index in [1.165, 1.54) is 22.3 Å². The van der Waals surface area contributed by atoms with Gasteiger partial charge in [0.05, 0.1) is 0 Å². The minimum absolute atomic E-state index is 0.238. The van der Waals surface area contributed by atoms with Gasteiger partial charge in [-0.05, 0) is 59.4 Å². The van der Waals surface area contributed by atoms with Crippen molar-refractivity contribution in [3.8, 4) is 16.9 Å². The molecule has 3 nitrogen and oxygen atoms in total. The zero-order valence-corrected chi connectivity index (χ0v) is 19.3. The van der Waals surface area contributed by atoms with Gasteiger partial charge in [0.1, 0.15) is 5.75 Å². The summed E-state index contributed by atoms with van der Waals surface area (Å²) in [5.41, 5.74) is 5.91. The van der Waals surface area contributed by atoms with E-state index >= 15 is 0 Å². The summed E-state index contributed by atoms with van der Waals surface area (Å²) in [5.74, 6) is -0.372. The molecule has 4 rings (SSSR count). The third kappa shape index (κ3) is 6.27. The molecule has 0 radical (unpaired) electrons. The third-order valence-electron chi connectivity index (χ3n) is 5.43. The number of thioether (sulfide) groups is 1. The van der Waals surface area contributed by atoms with Crippen LogP contribution in [0.2, 0.25) is 0 Å². The maximum absolute atomic E-state index is 10.8.